The molecule has 8 nitrogen and oxygen atoms in total. The SMILES string of the molecule is COc1ccc(S(=O)(=O)N2CCC[C@H](C(=O)N3CC(=O)Nc4ccccc43)C2)cc1. The molecule has 30 heavy (non-hydrogen) atoms. The molecule has 2 aromatic carbocycles. The molecule has 2 aliphatic heterocycles. The van der Waals surface area contributed by atoms with Crippen molar-refractivity contribution in [3.05, 3.63) is 48.5 Å². The molecule has 2 aliphatic rings. The van der Waals surface area contributed by atoms with Gasteiger partial charge in [0.15, 0.2) is 0 Å². The number of ether oxygens (including phenoxy) is 1. The zero-order valence-corrected chi connectivity index (χ0v) is 17.4. The summed E-state index contributed by atoms with van der Waals surface area (Å²) in [6.45, 7) is 0.375. The minimum Gasteiger partial charge on any atom is -0.497 e. The van der Waals surface area contributed by atoms with Gasteiger partial charge >= 0.3 is 0 Å². The van der Waals surface area contributed by atoms with Crippen LogP contribution in [0.4, 0.5) is 11.4 Å². The van der Waals surface area contributed by atoms with Gasteiger partial charge in [0, 0.05) is 13.1 Å². The number of amides is 2. The van der Waals surface area contributed by atoms with E-state index in [-0.39, 0.29) is 29.8 Å². The maximum Gasteiger partial charge on any atom is 0.244 e. The van der Waals surface area contributed by atoms with Crippen LogP contribution < -0.4 is 15.0 Å². The van der Waals surface area contributed by atoms with Gasteiger partial charge in [0.25, 0.3) is 0 Å². The van der Waals surface area contributed by atoms with Crippen molar-refractivity contribution in [2.24, 2.45) is 5.92 Å². The van der Waals surface area contributed by atoms with Crippen LogP contribution in [-0.2, 0) is 19.6 Å². The number of hydrogen-bond donors (Lipinski definition) is 1. The minimum atomic E-state index is -3.73. The topological polar surface area (TPSA) is 96.0 Å². The van der Waals surface area contributed by atoms with E-state index >= 15 is 0 Å². The van der Waals surface area contributed by atoms with Crippen molar-refractivity contribution in [2.75, 3.05) is 37.0 Å². The van der Waals surface area contributed by atoms with Gasteiger partial charge in [-0.25, -0.2) is 8.42 Å². The molecule has 2 aromatic rings. The maximum atomic E-state index is 13.3. The van der Waals surface area contributed by atoms with Gasteiger partial charge in [-0.05, 0) is 49.2 Å². The van der Waals surface area contributed by atoms with Gasteiger partial charge < -0.3 is 15.0 Å². The van der Waals surface area contributed by atoms with Crippen LogP contribution in [0.1, 0.15) is 12.8 Å². The first-order chi connectivity index (χ1) is 14.4. The van der Waals surface area contributed by atoms with E-state index in [2.05, 4.69) is 5.32 Å². The lowest BCUT2D eigenvalue weighted by atomic mass is 9.97. The highest BCUT2D eigenvalue weighted by molar-refractivity contribution is 7.89. The number of sulfonamides is 1. The maximum absolute atomic E-state index is 13.3. The fourth-order valence-corrected chi connectivity index (χ4v) is 5.43. The van der Waals surface area contributed by atoms with Gasteiger partial charge in [0.2, 0.25) is 21.8 Å². The molecule has 158 valence electrons. The molecule has 0 aliphatic carbocycles. The van der Waals surface area contributed by atoms with Crippen molar-refractivity contribution in [1.82, 2.24) is 4.31 Å². The minimum absolute atomic E-state index is 0.0718. The first-order valence-electron chi connectivity index (χ1n) is 9.74. The smallest absolute Gasteiger partial charge is 0.244 e. The van der Waals surface area contributed by atoms with Gasteiger partial charge in [-0.1, -0.05) is 12.1 Å². The third kappa shape index (κ3) is 3.78. The van der Waals surface area contributed by atoms with Crippen LogP contribution in [0.3, 0.4) is 0 Å². The van der Waals surface area contributed by atoms with Crippen LogP contribution >= 0.6 is 0 Å². The largest absolute Gasteiger partial charge is 0.497 e. The summed E-state index contributed by atoms with van der Waals surface area (Å²) in [5.41, 5.74) is 1.22. The van der Waals surface area contributed by atoms with E-state index < -0.39 is 15.9 Å². The highest BCUT2D eigenvalue weighted by Crippen LogP contribution is 2.32. The molecule has 2 amide bonds. The molecule has 4 rings (SSSR count). The van der Waals surface area contributed by atoms with Gasteiger partial charge in [0.05, 0.1) is 29.3 Å². The van der Waals surface area contributed by atoms with Crippen LogP contribution in [0.2, 0.25) is 0 Å². The number of carbonyl (C=O) groups is 2. The third-order valence-corrected chi connectivity index (χ3v) is 7.35. The van der Waals surface area contributed by atoms with Crippen LogP contribution in [0.25, 0.3) is 0 Å². The Labute approximate surface area is 175 Å². The van der Waals surface area contributed by atoms with E-state index in [1.54, 1.807) is 36.4 Å². The molecule has 0 spiro atoms. The number of nitrogens with one attached hydrogen (secondary N) is 1. The lowest BCUT2D eigenvalue weighted by Gasteiger charge is -2.36. The van der Waals surface area contributed by atoms with E-state index in [1.807, 2.05) is 0 Å². The molecule has 9 heteroatoms. The lowest BCUT2D eigenvalue weighted by molar-refractivity contribution is -0.125. The third-order valence-electron chi connectivity index (χ3n) is 5.47. The van der Waals surface area contributed by atoms with Gasteiger partial charge in [0.1, 0.15) is 12.3 Å². The second-order valence-corrected chi connectivity index (χ2v) is 9.31. The number of rotatable bonds is 4. The first-order valence-corrected chi connectivity index (χ1v) is 11.2. The summed E-state index contributed by atoms with van der Waals surface area (Å²) in [7, 11) is -2.21. The summed E-state index contributed by atoms with van der Waals surface area (Å²) in [4.78, 5) is 27.0. The summed E-state index contributed by atoms with van der Waals surface area (Å²) >= 11 is 0. The molecular weight excluding hydrogens is 406 g/mol. The molecular formula is C21H23N3O5S. The highest BCUT2D eigenvalue weighted by Gasteiger charge is 2.37. The van der Waals surface area contributed by atoms with Gasteiger partial charge in [-0.3, -0.25) is 9.59 Å². The number of benzene rings is 2. The summed E-state index contributed by atoms with van der Waals surface area (Å²) < 4.78 is 32.6. The van der Waals surface area contributed by atoms with Crippen molar-refractivity contribution in [3.8, 4) is 5.75 Å². The van der Waals surface area contributed by atoms with Crippen LogP contribution in [-0.4, -0.2) is 51.3 Å². The second-order valence-electron chi connectivity index (χ2n) is 7.37. The fourth-order valence-electron chi connectivity index (χ4n) is 3.91. The molecule has 0 unspecified atom stereocenters. The van der Waals surface area contributed by atoms with Crippen molar-refractivity contribution in [1.29, 1.82) is 0 Å². The van der Waals surface area contributed by atoms with E-state index in [9.17, 15) is 18.0 Å². The number of methoxy groups -OCH3 is 1. The van der Waals surface area contributed by atoms with Crippen molar-refractivity contribution >= 4 is 33.2 Å². The number of para-hydroxylation sites is 2. The molecule has 2 heterocycles. The number of hydrogen-bond acceptors (Lipinski definition) is 5. The van der Waals surface area contributed by atoms with Crippen LogP contribution in [0.15, 0.2) is 53.4 Å². The number of piperidine rings is 1. The Morgan fingerprint density at radius 3 is 2.60 bits per heavy atom. The Morgan fingerprint density at radius 2 is 1.87 bits per heavy atom. The van der Waals surface area contributed by atoms with E-state index in [4.69, 9.17) is 4.74 Å². The Hall–Kier alpha value is -2.91. The zero-order valence-electron chi connectivity index (χ0n) is 16.6. The highest BCUT2D eigenvalue weighted by atomic mass is 32.2. The normalized spacial score (nSPS) is 19.7. The fraction of sp³-hybridized carbons (Fsp3) is 0.333. The van der Waals surface area contributed by atoms with Crippen molar-refractivity contribution in [3.63, 3.8) is 0 Å². The molecule has 1 fully saturated rings. The zero-order chi connectivity index (χ0) is 21.3. The monoisotopic (exact) mass is 429 g/mol. The Kier molecular flexibility index (Phi) is 5.48. The number of nitrogens with zero attached hydrogens (tertiary/aromatic N) is 2. The van der Waals surface area contributed by atoms with E-state index in [1.165, 1.54) is 28.4 Å². The molecule has 0 aromatic heterocycles. The standard InChI is InChI=1S/C21H23N3O5S/c1-29-16-8-10-17(11-9-16)30(27,28)23-12-4-5-15(13-23)21(26)24-14-20(25)22-18-6-2-3-7-19(18)24/h2-3,6-11,15H,4-5,12-14H2,1H3,(H,22,25)/t15-/m0/s1. The molecule has 0 saturated carbocycles. The summed E-state index contributed by atoms with van der Waals surface area (Å²) in [6.07, 6.45) is 1.15. The quantitative estimate of drug-likeness (QED) is 0.803. The Bertz CT molecular complexity index is 1070. The van der Waals surface area contributed by atoms with Crippen molar-refractivity contribution < 1.29 is 22.7 Å². The Morgan fingerprint density at radius 1 is 1.13 bits per heavy atom. The van der Waals surface area contributed by atoms with Gasteiger partial charge in [-0.2, -0.15) is 4.31 Å². The average molecular weight is 429 g/mol. The summed E-state index contributed by atoms with van der Waals surface area (Å²) in [5, 5.41) is 2.76. The van der Waals surface area contributed by atoms with E-state index in [0.29, 0.717) is 36.5 Å². The van der Waals surface area contributed by atoms with Crippen LogP contribution in [0.5, 0.6) is 5.75 Å². The predicted molar refractivity (Wildman–Crippen MR) is 112 cm³/mol. The van der Waals surface area contributed by atoms with Gasteiger partial charge in [-0.15, -0.1) is 0 Å². The van der Waals surface area contributed by atoms with Crippen molar-refractivity contribution in [2.45, 2.75) is 17.7 Å². The predicted octanol–water partition coefficient (Wildman–Crippen LogP) is 2.08. The summed E-state index contributed by atoms with van der Waals surface area (Å²) in [6, 6.07) is 13.3. The van der Waals surface area contributed by atoms with Crippen LogP contribution in [0, 0.1) is 5.92 Å². The Balaban J connectivity index is 1.55. The second kappa shape index (κ2) is 8.08. The van der Waals surface area contributed by atoms with E-state index in [0.717, 1.165) is 0 Å². The number of fused-ring (bicyclic) bond motifs is 1. The summed E-state index contributed by atoms with van der Waals surface area (Å²) in [5.74, 6) is -0.430. The molecule has 0 radical (unpaired) electrons. The first kappa shape index (κ1) is 20.4. The lowest BCUT2D eigenvalue weighted by Crippen LogP contribution is -2.50. The number of carbonyl (C=O) groups excluding carboxylic acids is 2. The average Bonchev–Trinajstić information content (AvgIpc) is 2.78. The molecule has 1 atom stereocenters. The number of anilines is 2. The molecule has 0 bridgehead atoms. The molecule has 1 saturated heterocycles. The molecule has 1 N–H and O–H groups in total.